The zero-order chi connectivity index (χ0) is 9.26. The van der Waals surface area contributed by atoms with Crippen LogP contribution >= 0.6 is 0 Å². The number of aliphatic hydroxyl groups excluding tert-OH is 1. The predicted molar refractivity (Wildman–Crippen MR) is 48.5 cm³/mol. The Balaban J connectivity index is 2.58. The van der Waals surface area contributed by atoms with Crippen LogP contribution in [0.25, 0.3) is 10.9 Å². The second-order valence-corrected chi connectivity index (χ2v) is 2.88. The number of aliphatic hydroxyl groups is 1. The van der Waals surface area contributed by atoms with Crippen molar-refractivity contribution in [1.82, 2.24) is 10.2 Å². The smallest absolute Gasteiger partial charge is 0.116 e. The third-order valence-corrected chi connectivity index (χ3v) is 1.98. The number of aromatic hydroxyl groups is 1. The van der Waals surface area contributed by atoms with Crippen molar-refractivity contribution >= 4 is 10.9 Å². The van der Waals surface area contributed by atoms with Gasteiger partial charge in [0.2, 0.25) is 0 Å². The van der Waals surface area contributed by atoms with Crippen molar-refractivity contribution in [2.75, 3.05) is 6.61 Å². The van der Waals surface area contributed by atoms with E-state index in [2.05, 4.69) is 10.2 Å². The summed E-state index contributed by atoms with van der Waals surface area (Å²) in [5.41, 5.74) is 1.66. The lowest BCUT2D eigenvalue weighted by atomic mass is 10.1. The van der Waals surface area contributed by atoms with E-state index >= 15 is 0 Å². The molecule has 0 spiro atoms. The number of nitrogens with zero attached hydrogens (tertiary/aromatic N) is 1. The molecule has 0 radical (unpaired) electrons. The number of aromatic amines is 1. The fraction of sp³-hybridized carbons (Fsp3) is 0.222. The SMILES string of the molecule is OCCc1[nH]nc2ccc(O)cc12. The van der Waals surface area contributed by atoms with Gasteiger partial charge in [-0.2, -0.15) is 5.10 Å². The third-order valence-electron chi connectivity index (χ3n) is 1.98. The van der Waals surface area contributed by atoms with Gasteiger partial charge in [-0.05, 0) is 18.2 Å². The van der Waals surface area contributed by atoms with Crippen LogP contribution in [0.1, 0.15) is 5.69 Å². The van der Waals surface area contributed by atoms with Gasteiger partial charge in [0.25, 0.3) is 0 Å². The molecule has 2 aromatic rings. The van der Waals surface area contributed by atoms with E-state index in [0.717, 1.165) is 16.6 Å². The van der Waals surface area contributed by atoms with Crippen molar-refractivity contribution < 1.29 is 10.2 Å². The normalized spacial score (nSPS) is 10.8. The minimum Gasteiger partial charge on any atom is -0.508 e. The highest BCUT2D eigenvalue weighted by atomic mass is 16.3. The molecule has 0 unspecified atom stereocenters. The summed E-state index contributed by atoms with van der Waals surface area (Å²) >= 11 is 0. The van der Waals surface area contributed by atoms with Crippen LogP contribution in [0, 0.1) is 0 Å². The van der Waals surface area contributed by atoms with Crippen LogP contribution < -0.4 is 0 Å². The van der Waals surface area contributed by atoms with Crippen molar-refractivity contribution in [1.29, 1.82) is 0 Å². The van der Waals surface area contributed by atoms with Crippen molar-refractivity contribution in [3.63, 3.8) is 0 Å². The van der Waals surface area contributed by atoms with Gasteiger partial charge in [-0.25, -0.2) is 0 Å². The Morgan fingerprint density at radius 3 is 3.00 bits per heavy atom. The first-order valence-corrected chi connectivity index (χ1v) is 4.08. The monoisotopic (exact) mass is 178 g/mol. The fourth-order valence-corrected chi connectivity index (χ4v) is 1.35. The molecule has 2 rings (SSSR count). The molecule has 0 saturated heterocycles. The third kappa shape index (κ3) is 1.36. The number of hydrogen-bond acceptors (Lipinski definition) is 3. The van der Waals surface area contributed by atoms with Crippen LogP contribution in [0.15, 0.2) is 18.2 Å². The number of aromatic nitrogens is 2. The Hall–Kier alpha value is -1.55. The summed E-state index contributed by atoms with van der Waals surface area (Å²) in [5.74, 6) is 0.216. The Morgan fingerprint density at radius 1 is 1.38 bits per heavy atom. The number of benzene rings is 1. The van der Waals surface area contributed by atoms with Crippen molar-refractivity contribution in [2.45, 2.75) is 6.42 Å². The average molecular weight is 178 g/mol. The van der Waals surface area contributed by atoms with E-state index in [1.165, 1.54) is 0 Å². The Labute approximate surface area is 74.8 Å². The molecule has 0 fully saturated rings. The highest BCUT2D eigenvalue weighted by Crippen LogP contribution is 2.21. The van der Waals surface area contributed by atoms with Gasteiger partial charge in [-0.3, -0.25) is 5.10 Å². The van der Waals surface area contributed by atoms with Gasteiger partial charge in [-0.15, -0.1) is 0 Å². The summed E-state index contributed by atoms with van der Waals surface area (Å²) in [6, 6.07) is 4.97. The van der Waals surface area contributed by atoms with E-state index < -0.39 is 0 Å². The summed E-state index contributed by atoms with van der Waals surface area (Å²) in [7, 11) is 0. The molecule has 0 aliphatic heterocycles. The molecule has 0 aliphatic rings. The van der Waals surface area contributed by atoms with Crippen LogP contribution in [-0.4, -0.2) is 27.0 Å². The molecule has 4 nitrogen and oxygen atoms in total. The van der Waals surface area contributed by atoms with Gasteiger partial charge in [0.05, 0.1) is 5.52 Å². The maximum absolute atomic E-state index is 9.24. The number of phenols is 1. The second kappa shape index (κ2) is 3.06. The first-order valence-electron chi connectivity index (χ1n) is 4.08. The van der Waals surface area contributed by atoms with E-state index in [1.54, 1.807) is 18.2 Å². The van der Waals surface area contributed by atoms with Gasteiger partial charge in [0.1, 0.15) is 5.75 Å². The van der Waals surface area contributed by atoms with Crippen LogP contribution in [0.3, 0.4) is 0 Å². The molecule has 4 heteroatoms. The molecule has 0 bridgehead atoms. The van der Waals surface area contributed by atoms with Crippen LogP contribution in [0.2, 0.25) is 0 Å². The Kier molecular flexibility index (Phi) is 1.90. The van der Waals surface area contributed by atoms with Crippen molar-refractivity contribution in [3.8, 4) is 5.75 Å². The minimum absolute atomic E-state index is 0.0763. The molecule has 1 heterocycles. The molecule has 13 heavy (non-hydrogen) atoms. The second-order valence-electron chi connectivity index (χ2n) is 2.88. The topological polar surface area (TPSA) is 69.1 Å². The summed E-state index contributed by atoms with van der Waals surface area (Å²) in [4.78, 5) is 0. The van der Waals surface area contributed by atoms with Gasteiger partial charge >= 0.3 is 0 Å². The Morgan fingerprint density at radius 2 is 2.23 bits per heavy atom. The van der Waals surface area contributed by atoms with Gasteiger partial charge < -0.3 is 10.2 Å². The van der Waals surface area contributed by atoms with Gasteiger partial charge in [0.15, 0.2) is 0 Å². The molecule has 0 aliphatic carbocycles. The number of hydrogen-bond donors (Lipinski definition) is 3. The summed E-state index contributed by atoms with van der Waals surface area (Å²) in [6.07, 6.45) is 0.528. The van der Waals surface area contributed by atoms with Crippen LogP contribution in [0.4, 0.5) is 0 Å². The van der Waals surface area contributed by atoms with Crippen molar-refractivity contribution in [2.24, 2.45) is 0 Å². The van der Waals surface area contributed by atoms with E-state index in [4.69, 9.17) is 5.11 Å². The molecule has 0 atom stereocenters. The summed E-state index contributed by atoms with van der Waals surface area (Å²) < 4.78 is 0. The lowest BCUT2D eigenvalue weighted by molar-refractivity contribution is 0.298. The van der Waals surface area contributed by atoms with Crippen LogP contribution in [-0.2, 0) is 6.42 Å². The highest BCUT2D eigenvalue weighted by molar-refractivity contribution is 5.82. The van der Waals surface area contributed by atoms with E-state index in [9.17, 15) is 5.11 Å². The standard InChI is InChI=1S/C9H10N2O2/c12-4-3-9-7-5-6(13)1-2-8(7)10-11-9/h1-2,5,12-13H,3-4H2,(H,10,11). The number of rotatable bonds is 2. The molecule has 0 saturated carbocycles. The Bertz CT molecular complexity index is 422. The van der Waals surface area contributed by atoms with E-state index in [-0.39, 0.29) is 12.4 Å². The maximum atomic E-state index is 9.24. The number of H-pyrrole nitrogens is 1. The molecule has 0 amide bonds. The molecule has 3 N–H and O–H groups in total. The van der Waals surface area contributed by atoms with E-state index in [0.29, 0.717) is 6.42 Å². The van der Waals surface area contributed by atoms with Crippen molar-refractivity contribution in [3.05, 3.63) is 23.9 Å². The van der Waals surface area contributed by atoms with Crippen LogP contribution in [0.5, 0.6) is 5.75 Å². The van der Waals surface area contributed by atoms with E-state index in [1.807, 2.05) is 0 Å². The molecular formula is C9H10N2O2. The first-order chi connectivity index (χ1) is 6.31. The summed E-state index contributed by atoms with van der Waals surface area (Å²) in [5, 5.41) is 25.7. The number of phenolic OH excluding ortho intramolecular Hbond substituents is 1. The quantitative estimate of drug-likeness (QED) is 0.637. The molecule has 1 aromatic heterocycles. The average Bonchev–Trinajstić information content (AvgIpc) is 2.49. The molecule has 1 aromatic carbocycles. The van der Waals surface area contributed by atoms with Gasteiger partial charge in [-0.1, -0.05) is 0 Å². The first kappa shape index (κ1) is 8.07. The largest absolute Gasteiger partial charge is 0.508 e. The number of nitrogens with one attached hydrogen (secondary N) is 1. The minimum atomic E-state index is 0.0763. The summed E-state index contributed by atoms with van der Waals surface area (Å²) in [6.45, 7) is 0.0763. The number of fused-ring (bicyclic) bond motifs is 1. The molecular weight excluding hydrogens is 168 g/mol. The zero-order valence-corrected chi connectivity index (χ0v) is 6.99. The fourth-order valence-electron chi connectivity index (χ4n) is 1.35. The zero-order valence-electron chi connectivity index (χ0n) is 6.99. The molecule has 68 valence electrons. The predicted octanol–water partition coefficient (Wildman–Crippen LogP) is 0.803. The lowest BCUT2D eigenvalue weighted by Gasteiger charge is -1.94. The highest BCUT2D eigenvalue weighted by Gasteiger charge is 2.04. The van der Waals surface area contributed by atoms with Gasteiger partial charge in [0, 0.05) is 24.1 Å². The lowest BCUT2D eigenvalue weighted by Crippen LogP contribution is -1.90. The maximum Gasteiger partial charge on any atom is 0.116 e.